The smallest absolute Gasteiger partial charge is 0.134 e. The number of nitrogen functional groups attached to an aromatic ring is 1. The van der Waals surface area contributed by atoms with Crippen molar-refractivity contribution in [3.8, 4) is 0 Å². The molecule has 4 nitrogen and oxygen atoms in total. The summed E-state index contributed by atoms with van der Waals surface area (Å²) >= 11 is 0. The number of rotatable bonds is 4. The van der Waals surface area contributed by atoms with Gasteiger partial charge in [-0.25, -0.2) is 9.97 Å². The Labute approximate surface area is 91.5 Å². The molecule has 1 unspecified atom stereocenters. The van der Waals surface area contributed by atoms with Gasteiger partial charge >= 0.3 is 0 Å². The van der Waals surface area contributed by atoms with E-state index in [-0.39, 0.29) is 0 Å². The highest BCUT2D eigenvalue weighted by Gasteiger charge is 2.11. The molecule has 1 heterocycles. The van der Waals surface area contributed by atoms with Gasteiger partial charge in [-0.3, -0.25) is 0 Å². The van der Waals surface area contributed by atoms with Crippen LogP contribution in [-0.4, -0.2) is 23.1 Å². The third-order valence-electron chi connectivity index (χ3n) is 2.57. The Hall–Kier alpha value is -1.32. The van der Waals surface area contributed by atoms with Crippen LogP contribution in [0, 0.1) is 6.92 Å². The summed E-state index contributed by atoms with van der Waals surface area (Å²) in [5.74, 6) is 2.16. The number of nitrogens with zero attached hydrogens (tertiary/aromatic N) is 3. The van der Waals surface area contributed by atoms with E-state index in [0.29, 0.717) is 11.9 Å². The van der Waals surface area contributed by atoms with Gasteiger partial charge in [-0.05, 0) is 20.3 Å². The summed E-state index contributed by atoms with van der Waals surface area (Å²) in [6.45, 7) is 6.24. The summed E-state index contributed by atoms with van der Waals surface area (Å²) in [4.78, 5) is 10.6. The fourth-order valence-electron chi connectivity index (χ4n) is 1.59. The van der Waals surface area contributed by atoms with Crippen LogP contribution in [0.5, 0.6) is 0 Å². The molecule has 1 aromatic rings. The molecule has 1 aromatic heterocycles. The molecule has 84 valence electrons. The molecule has 0 aliphatic heterocycles. The molecule has 0 amide bonds. The van der Waals surface area contributed by atoms with Crippen molar-refractivity contribution in [1.82, 2.24) is 9.97 Å². The zero-order valence-corrected chi connectivity index (χ0v) is 9.99. The van der Waals surface area contributed by atoms with Gasteiger partial charge in [0, 0.05) is 19.2 Å². The number of aromatic nitrogens is 2. The van der Waals surface area contributed by atoms with E-state index in [4.69, 9.17) is 5.73 Å². The molecule has 1 rings (SSSR count). The van der Waals surface area contributed by atoms with Crippen molar-refractivity contribution in [3.05, 3.63) is 11.9 Å². The lowest BCUT2D eigenvalue weighted by atomic mass is 10.2. The summed E-state index contributed by atoms with van der Waals surface area (Å²) in [5, 5.41) is 0. The van der Waals surface area contributed by atoms with Gasteiger partial charge in [0.25, 0.3) is 0 Å². The van der Waals surface area contributed by atoms with Gasteiger partial charge in [0.1, 0.15) is 17.5 Å². The molecule has 0 aliphatic carbocycles. The van der Waals surface area contributed by atoms with Crippen molar-refractivity contribution in [1.29, 1.82) is 0 Å². The molecule has 0 bridgehead atoms. The van der Waals surface area contributed by atoms with Crippen molar-refractivity contribution in [2.75, 3.05) is 17.7 Å². The summed E-state index contributed by atoms with van der Waals surface area (Å²) in [5.41, 5.74) is 5.69. The van der Waals surface area contributed by atoms with Crippen LogP contribution in [0.2, 0.25) is 0 Å². The van der Waals surface area contributed by atoms with Crippen LogP contribution in [0.3, 0.4) is 0 Å². The molecule has 0 aliphatic rings. The second-order valence-corrected chi connectivity index (χ2v) is 3.95. The Balaban J connectivity index is 2.85. The van der Waals surface area contributed by atoms with Gasteiger partial charge in [0.2, 0.25) is 0 Å². The van der Waals surface area contributed by atoms with Gasteiger partial charge in [-0.1, -0.05) is 13.3 Å². The molecular weight excluding hydrogens is 188 g/mol. The minimum atomic E-state index is 0.476. The van der Waals surface area contributed by atoms with E-state index in [1.165, 1.54) is 6.42 Å². The molecule has 0 saturated carbocycles. The zero-order chi connectivity index (χ0) is 11.4. The topological polar surface area (TPSA) is 55.0 Å². The summed E-state index contributed by atoms with van der Waals surface area (Å²) in [6.07, 6.45) is 2.32. The number of hydrogen-bond donors (Lipinski definition) is 1. The lowest BCUT2D eigenvalue weighted by molar-refractivity contribution is 0.610. The predicted octanol–water partition coefficient (Wildman–Crippen LogP) is 1.99. The van der Waals surface area contributed by atoms with Gasteiger partial charge in [0.15, 0.2) is 0 Å². The standard InChI is InChI=1S/C11H20N4/c1-5-6-8(2)15(4)11-7-10(12)13-9(3)14-11/h7-8H,5-6H2,1-4H3,(H2,12,13,14). The van der Waals surface area contributed by atoms with E-state index < -0.39 is 0 Å². The van der Waals surface area contributed by atoms with E-state index in [9.17, 15) is 0 Å². The summed E-state index contributed by atoms with van der Waals surface area (Å²) < 4.78 is 0. The Bertz CT molecular complexity index is 304. The number of anilines is 2. The van der Waals surface area contributed by atoms with E-state index in [2.05, 4.69) is 28.7 Å². The van der Waals surface area contributed by atoms with Gasteiger partial charge < -0.3 is 10.6 Å². The maximum Gasteiger partial charge on any atom is 0.134 e. The SMILES string of the molecule is CCCC(C)N(C)c1cc(N)nc(C)n1. The summed E-state index contributed by atoms with van der Waals surface area (Å²) in [6, 6.07) is 2.29. The molecule has 0 saturated heterocycles. The van der Waals surface area contributed by atoms with E-state index in [1.807, 2.05) is 20.0 Å². The number of nitrogens with two attached hydrogens (primary N) is 1. The molecule has 0 fully saturated rings. The Kier molecular flexibility index (Phi) is 3.88. The first-order chi connectivity index (χ1) is 7.04. The van der Waals surface area contributed by atoms with Crippen molar-refractivity contribution in [2.45, 2.75) is 39.7 Å². The third kappa shape index (κ3) is 3.08. The van der Waals surface area contributed by atoms with Crippen LogP contribution in [0.1, 0.15) is 32.5 Å². The van der Waals surface area contributed by atoms with E-state index in [0.717, 1.165) is 18.1 Å². The molecule has 0 aromatic carbocycles. The zero-order valence-electron chi connectivity index (χ0n) is 9.99. The molecule has 0 spiro atoms. The van der Waals surface area contributed by atoms with Crippen molar-refractivity contribution in [3.63, 3.8) is 0 Å². The Morgan fingerprint density at radius 1 is 1.47 bits per heavy atom. The lowest BCUT2D eigenvalue weighted by Gasteiger charge is -2.25. The highest BCUT2D eigenvalue weighted by atomic mass is 15.2. The van der Waals surface area contributed by atoms with Crippen LogP contribution in [0.15, 0.2) is 6.07 Å². The quantitative estimate of drug-likeness (QED) is 0.822. The second kappa shape index (κ2) is 4.96. The van der Waals surface area contributed by atoms with Crippen molar-refractivity contribution >= 4 is 11.6 Å². The van der Waals surface area contributed by atoms with E-state index in [1.54, 1.807) is 0 Å². The molecular formula is C11H20N4. The largest absolute Gasteiger partial charge is 0.384 e. The molecule has 0 radical (unpaired) electrons. The molecule has 1 atom stereocenters. The first-order valence-electron chi connectivity index (χ1n) is 5.38. The molecule has 2 N–H and O–H groups in total. The van der Waals surface area contributed by atoms with E-state index >= 15 is 0 Å². The van der Waals surface area contributed by atoms with Gasteiger partial charge in [0.05, 0.1) is 0 Å². The maximum atomic E-state index is 5.69. The first-order valence-corrected chi connectivity index (χ1v) is 5.38. The van der Waals surface area contributed by atoms with Crippen LogP contribution in [0.4, 0.5) is 11.6 Å². The minimum absolute atomic E-state index is 0.476. The predicted molar refractivity (Wildman–Crippen MR) is 64.0 cm³/mol. The number of aryl methyl sites for hydroxylation is 1. The first kappa shape index (κ1) is 11.8. The normalized spacial score (nSPS) is 12.5. The average Bonchev–Trinajstić information content (AvgIpc) is 2.15. The fourth-order valence-corrected chi connectivity index (χ4v) is 1.59. The fraction of sp³-hybridized carbons (Fsp3) is 0.636. The van der Waals surface area contributed by atoms with Crippen LogP contribution in [0.25, 0.3) is 0 Å². The van der Waals surface area contributed by atoms with Gasteiger partial charge in [-0.15, -0.1) is 0 Å². The minimum Gasteiger partial charge on any atom is -0.384 e. The van der Waals surface area contributed by atoms with Crippen molar-refractivity contribution in [2.24, 2.45) is 0 Å². The van der Waals surface area contributed by atoms with Crippen LogP contribution in [-0.2, 0) is 0 Å². The molecule has 15 heavy (non-hydrogen) atoms. The Morgan fingerprint density at radius 3 is 2.67 bits per heavy atom. The second-order valence-electron chi connectivity index (χ2n) is 3.95. The lowest BCUT2D eigenvalue weighted by Crippen LogP contribution is -2.29. The van der Waals surface area contributed by atoms with Crippen molar-refractivity contribution < 1.29 is 0 Å². The number of hydrogen-bond acceptors (Lipinski definition) is 4. The van der Waals surface area contributed by atoms with Crippen LogP contribution < -0.4 is 10.6 Å². The van der Waals surface area contributed by atoms with Crippen LogP contribution >= 0.6 is 0 Å². The third-order valence-corrected chi connectivity index (χ3v) is 2.57. The average molecular weight is 208 g/mol. The highest BCUT2D eigenvalue weighted by Crippen LogP contribution is 2.16. The molecule has 4 heteroatoms. The van der Waals surface area contributed by atoms with Gasteiger partial charge in [-0.2, -0.15) is 0 Å². The maximum absolute atomic E-state index is 5.69. The summed E-state index contributed by atoms with van der Waals surface area (Å²) in [7, 11) is 2.04. The highest BCUT2D eigenvalue weighted by molar-refractivity contribution is 5.46. The monoisotopic (exact) mass is 208 g/mol. The Morgan fingerprint density at radius 2 is 2.13 bits per heavy atom.